The minimum Gasteiger partial charge on any atom is -0.545 e. The molecule has 5 rings (SSSR count). The molecule has 5 aromatic rings. The maximum absolute atomic E-state index is 10.2. The van der Waals surface area contributed by atoms with Gasteiger partial charge < -0.3 is 19.8 Å². The molecule has 6 heteroatoms. The third-order valence-corrected chi connectivity index (χ3v) is 10.1. The monoisotopic (exact) mass is 726 g/mol. The van der Waals surface area contributed by atoms with E-state index >= 15 is 0 Å². The number of benzene rings is 5. The average Bonchev–Trinajstić information content (AvgIpc) is 2.96. The molecule has 0 aromatic heterocycles. The molecule has 4 nitrogen and oxygen atoms in total. The van der Waals surface area contributed by atoms with Gasteiger partial charge in [0.25, 0.3) is 0 Å². The lowest BCUT2D eigenvalue weighted by Crippen LogP contribution is -3.61. The minimum absolute atomic E-state index is 0.0287. The predicted molar refractivity (Wildman–Crippen MR) is 136 cm³/mol. The van der Waals surface area contributed by atoms with Gasteiger partial charge in [0.2, 0.25) is 0 Å². The van der Waals surface area contributed by atoms with Crippen molar-refractivity contribution in [3.8, 4) is 0 Å². The Bertz CT molecular complexity index is 1190. The summed E-state index contributed by atoms with van der Waals surface area (Å²) in [5.74, 6) is -2.67. The van der Waals surface area contributed by atoms with Crippen molar-refractivity contribution in [1.82, 2.24) is 0 Å². The topological polar surface area (TPSA) is 80.3 Å². The first-order valence-electron chi connectivity index (χ1n) is 11.5. The molecule has 0 aliphatic rings. The Kier molecular flexibility index (Phi) is 12.5. The molecule has 0 unspecified atom stereocenters. The number of hydrogen-bond donors (Lipinski definition) is 0. The Balaban J connectivity index is 0.000000158. The predicted octanol–water partition coefficient (Wildman–Crippen LogP) is -1.96. The molecular formula is C32H24I2O4. The number of carboxylic acid groups (broad SMARTS) is 2. The van der Waals surface area contributed by atoms with Crippen LogP contribution >= 0.6 is 0 Å². The highest BCUT2D eigenvalue weighted by Crippen LogP contribution is 2.02. The largest absolute Gasteiger partial charge is 0.545 e. The second-order valence-electron chi connectivity index (χ2n) is 7.52. The third kappa shape index (κ3) is 10.9. The van der Waals surface area contributed by atoms with E-state index in [4.69, 9.17) is 0 Å². The fourth-order valence-corrected chi connectivity index (χ4v) is 7.44. The van der Waals surface area contributed by atoms with Gasteiger partial charge in [-0.15, -0.1) is 0 Å². The Morgan fingerprint density at radius 3 is 0.763 bits per heavy atom. The number of carbonyl (C=O) groups excluding carboxylic acids is 2. The van der Waals surface area contributed by atoms with Crippen LogP contribution in [0.5, 0.6) is 0 Å². The Hall–Kier alpha value is -3.50. The lowest BCUT2D eigenvalue weighted by Gasteiger charge is -2.04. The van der Waals surface area contributed by atoms with Crippen molar-refractivity contribution in [1.29, 1.82) is 0 Å². The van der Waals surface area contributed by atoms with Gasteiger partial charge in [0, 0.05) is 0 Å². The fourth-order valence-electron chi connectivity index (χ4n) is 2.91. The molecule has 5 aromatic carbocycles. The second kappa shape index (κ2) is 16.4. The third-order valence-electron chi connectivity index (χ3n) is 4.73. The van der Waals surface area contributed by atoms with E-state index in [1.54, 1.807) is 0 Å². The van der Waals surface area contributed by atoms with Gasteiger partial charge in [-0.1, -0.05) is 97.1 Å². The lowest BCUT2D eigenvalue weighted by atomic mass is 10.1. The van der Waals surface area contributed by atoms with E-state index in [2.05, 4.69) is 121 Å². The quantitative estimate of drug-likeness (QED) is 0.191. The van der Waals surface area contributed by atoms with Crippen molar-refractivity contribution in [2.24, 2.45) is 0 Å². The summed E-state index contributed by atoms with van der Waals surface area (Å²) < 4.78 is 5.92. The Morgan fingerprint density at radius 2 is 0.579 bits per heavy atom. The maximum atomic E-state index is 10.2. The van der Waals surface area contributed by atoms with Crippen LogP contribution in [0.25, 0.3) is 0 Å². The van der Waals surface area contributed by atoms with E-state index in [9.17, 15) is 19.8 Å². The van der Waals surface area contributed by atoms with Gasteiger partial charge in [-0.25, -0.2) is 0 Å². The highest BCUT2D eigenvalue weighted by atomic mass is 127. The molecule has 0 saturated heterocycles. The molecule has 38 heavy (non-hydrogen) atoms. The van der Waals surface area contributed by atoms with Crippen molar-refractivity contribution >= 4 is 11.9 Å². The van der Waals surface area contributed by atoms with Gasteiger partial charge in [-0.05, 0) is 59.7 Å². The van der Waals surface area contributed by atoms with E-state index < -0.39 is 11.9 Å². The summed E-state index contributed by atoms with van der Waals surface area (Å²) in [6.45, 7) is 0. The van der Waals surface area contributed by atoms with Crippen LogP contribution in [0.1, 0.15) is 20.7 Å². The number of halogens is 2. The van der Waals surface area contributed by atoms with Crippen LogP contribution in [0, 0.1) is 14.3 Å². The van der Waals surface area contributed by atoms with Gasteiger partial charge in [0.1, 0.15) is 0 Å². The number of rotatable bonds is 6. The fraction of sp³-hybridized carbons (Fsp3) is 0. The zero-order chi connectivity index (χ0) is 27.0. The van der Waals surface area contributed by atoms with E-state index in [1.807, 2.05) is 0 Å². The number of carboxylic acids is 2. The molecule has 0 N–H and O–H groups in total. The number of aromatic carboxylic acids is 2. The van der Waals surface area contributed by atoms with Crippen molar-refractivity contribution in [2.75, 3.05) is 0 Å². The second-order valence-corrected chi connectivity index (χ2v) is 13.6. The molecule has 0 atom stereocenters. The minimum atomic E-state index is -1.33. The molecule has 0 aliphatic carbocycles. The van der Waals surface area contributed by atoms with E-state index in [0.717, 1.165) is 24.3 Å². The van der Waals surface area contributed by atoms with E-state index in [1.165, 1.54) is 14.3 Å². The van der Waals surface area contributed by atoms with Crippen LogP contribution in [0.15, 0.2) is 146 Å². The van der Waals surface area contributed by atoms with E-state index in [0.29, 0.717) is 0 Å². The molecule has 0 fully saturated rings. The first-order valence-corrected chi connectivity index (χ1v) is 15.9. The highest BCUT2D eigenvalue weighted by Gasteiger charge is 2.13. The number of hydrogen-bond acceptors (Lipinski definition) is 4. The molecule has 0 bridgehead atoms. The van der Waals surface area contributed by atoms with Crippen LogP contribution in [0.4, 0.5) is 0 Å². The standard InChI is InChI=1S/2C12H10I.C8H6O4/c2*1-3-7-11(8-4-1)13-12-9-5-2-6-10-12;9-7(10)5-1-2-6(4-3-5)8(11)12/h2*1-10H;1-4H,(H,9,10)(H,11,12)/q2*+1;/p-2. The summed E-state index contributed by atoms with van der Waals surface area (Å²) in [6, 6.07) is 47.4. The van der Waals surface area contributed by atoms with Gasteiger partial charge in [0.15, 0.2) is 14.3 Å². The number of carbonyl (C=O) groups is 2. The van der Waals surface area contributed by atoms with Crippen LogP contribution in [-0.2, 0) is 0 Å². The van der Waals surface area contributed by atoms with Gasteiger partial charge in [-0.3, -0.25) is 0 Å². The van der Waals surface area contributed by atoms with Crippen molar-refractivity contribution < 1.29 is 62.2 Å². The first-order chi connectivity index (χ1) is 18.5. The zero-order valence-corrected chi connectivity index (χ0v) is 24.6. The molecule has 0 heterocycles. The summed E-state index contributed by atoms with van der Waals surface area (Å²) >= 11 is 0.0574. The highest BCUT2D eigenvalue weighted by molar-refractivity contribution is 5.89. The summed E-state index contributed by atoms with van der Waals surface area (Å²) in [7, 11) is 0. The summed E-state index contributed by atoms with van der Waals surface area (Å²) in [4.78, 5) is 20.4. The van der Waals surface area contributed by atoms with Crippen LogP contribution in [-0.4, -0.2) is 11.9 Å². The molecular weight excluding hydrogens is 702 g/mol. The maximum Gasteiger partial charge on any atom is 0.357 e. The summed E-state index contributed by atoms with van der Waals surface area (Å²) in [6.07, 6.45) is 0. The van der Waals surface area contributed by atoms with Crippen molar-refractivity contribution in [3.63, 3.8) is 0 Å². The zero-order valence-electron chi connectivity index (χ0n) is 20.2. The Morgan fingerprint density at radius 1 is 0.368 bits per heavy atom. The summed E-state index contributed by atoms with van der Waals surface area (Å²) in [5.41, 5.74) is -0.111. The molecule has 0 amide bonds. The molecule has 190 valence electrons. The Labute approximate surface area is 243 Å². The lowest BCUT2D eigenvalue weighted by molar-refractivity contribution is -0.597. The molecule has 0 aliphatic heterocycles. The van der Waals surface area contributed by atoms with Crippen molar-refractivity contribution in [2.45, 2.75) is 0 Å². The average molecular weight is 726 g/mol. The molecule has 0 saturated carbocycles. The molecule has 0 spiro atoms. The molecule has 0 radical (unpaired) electrons. The van der Waals surface area contributed by atoms with Gasteiger partial charge in [0.05, 0.1) is 11.9 Å². The normalized spacial score (nSPS) is 9.68. The van der Waals surface area contributed by atoms with Crippen LogP contribution in [0.2, 0.25) is 0 Å². The smallest absolute Gasteiger partial charge is 0.357 e. The van der Waals surface area contributed by atoms with Gasteiger partial charge in [-0.2, -0.15) is 0 Å². The van der Waals surface area contributed by atoms with Crippen molar-refractivity contribution in [3.05, 3.63) is 171 Å². The van der Waals surface area contributed by atoms with Gasteiger partial charge >= 0.3 is 42.4 Å². The first kappa shape index (κ1) is 29.1. The van der Waals surface area contributed by atoms with E-state index in [-0.39, 0.29) is 53.5 Å². The summed E-state index contributed by atoms with van der Waals surface area (Å²) in [5, 5.41) is 20.4. The SMILES string of the molecule is O=C([O-])c1ccc(C(=O)[O-])cc1.c1ccc([I+]c2ccccc2)cc1.c1ccc([I+]c2ccccc2)cc1. The van der Waals surface area contributed by atoms with Crippen LogP contribution < -0.4 is 52.6 Å². The van der Waals surface area contributed by atoms with Crippen LogP contribution in [0.3, 0.4) is 0 Å².